The molecule has 0 saturated carbocycles. The van der Waals surface area contributed by atoms with Crippen LogP contribution in [0.3, 0.4) is 0 Å². The van der Waals surface area contributed by atoms with Crippen LogP contribution in [0.25, 0.3) is 0 Å². The third-order valence-electron chi connectivity index (χ3n) is 5.11. The molecule has 2 aromatic rings. The highest BCUT2D eigenvalue weighted by atomic mass is 32.2. The SMILES string of the molecule is Cc1sc(C(C)C)cc1NC(=O)NS(=O)(=O)N(c1cnn(C)c1)C1CCCN(C)C1. The molecule has 1 atom stereocenters. The number of rotatable bonds is 6. The number of anilines is 2. The number of nitrogens with one attached hydrogen (secondary N) is 2. The van der Waals surface area contributed by atoms with Crippen LogP contribution >= 0.6 is 11.3 Å². The first-order valence-electron chi connectivity index (χ1n) is 9.97. The van der Waals surface area contributed by atoms with Crippen molar-refractivity contribution in [1.82, 2.24) is 19.4 Å². The van der Waals surface area contributed by atoms with Gasteiger partial charge in [0.2, 0.25) is 0 Å². The van der Waals surface area contributed by atoms with Gasteiger partial charge in [0.15, 0.2) is 0 Å². The molecule has 1 unspecified atom stereocenters. The molecule has 9 nitrogen and oxygen atoms in total. The van der Waals surface area contributed by atoms with Crippen LogP contribution in [0.2, 0.25) is 0 Å². The van der Waals surface area contributed by atoms with Crippen molar-refractivity contribution in [3.05, 3.63) is 28.2 Å². The van der Waals surface area contributed by atoms with Crippen LogP contribution in [0.4, 0.5) is 16.2 Å². The average molecular weight is 455 g/mol. The highest BCUT2D eigenvalue weighted by Crippen LogP contribution is 2.31. The fraction of sp³-hybridized carbons (Fsp3) is 0.579. The summed E-state index contributed by atoms with van der Waals surface area (Å²) in [7, 11) is -0.439. The fourth-order valence-corrected chi connectivity index (χ4v) is 5.93. The van der Waals surface area contributed by atoms with Crippen molar-refractivity contribution in [3.63, 3.8) is 0 Å². The average Bonchev–Trinajstić information content (AvgIpc) is 3.20. The number of hydrogen-bond acceptors (Lipinski definition) is 6. The molecule has 166 valence electrons. The Morgan fingerprint density at radius 1 is 1.37 bits per heavy atom. The number of carbonyl (C=O) groups excluding carboxylic acids is 1. The van der Waals surface area contributed by atoms with E-state index < -0.39 is 16.2 Å². The van der Waals surface area contributed by atoms with Crippen LogP contribution in [-0.2, 0) is 17.3 Å². The summed E-state index contributed by atoms with van der Waals surface area (Å²) in [4.78, 5) is 16.8. The first-order chi connectivity index (χ1) is 14.1. The minimum absolute atomic E-state index is 0.284. The maximum Gasteiger partial charge on any atom is 0.334 e. The van der Waals surface area contributed by atoms with Crippen molar-refractivity contribution in [2.75, 3.05) is 29.8 Å². The van der Waals surface area contributed by atoms with E-state index in [1.54, 1.807) is 29.3 Å². The van der Waals surface area contributed by atoms with Crippen LogP contribution in [0.15, 0.2) is 18.5 Å². The van der Waals surface area contributed by atoms with Gasteiger partial charge in [-0.25, -0.2) is 13.8 Å². The lowest BCUT2D eigenvalue weighted by Crippen LogP contribution is -2.54. The minimum atomic E-state index is -4.13. The number of likely N-dealkylation sites (N-methyl/N-ethyl adjacent to an activating group) is 1. The Labute approximate surface area is 182 Å². The number of hydrogen-bond donors (Lipinski definition) is 2. The second-order valence-corrected chi connectivity index (χ2v) is 10.9. The Balaban J connectivity index is 1.81. The van der Waals surface area contributed by atoms with Crippen LogP contribution in [0, 0.1) is 6.92 Å². The Morgan fingerprint density at radius 3 is 2.67 bits per heavy atom. The van der Waals surface area contributed by atoms with Gasteiger partial charge in [0.05, 0.1) is 23.6 Å². The largest absolute Gasteiger partial charge is 0.334 e. The van der Waals surface area contributed by atoms with E-state index in [-0.39, 0.29) is 6.04 Å². The lowest BCUT2D eigenvalue weighted by Gasteiger charge is -2.37. The van der Waals surface area contributed by atoms with Crippen LogP contribution in [0.1, 0.15) is 42.4 Å². The van der Waals surface area contributed by atoms with Crippen molar-refractivity contribution >= 4 is 39.0 Å². The highest BCUT2D eigenvalue weighted by Gasteiger charge is 2.34. The zero-order chi connectivity index (χ0) is 22.1. The van der Waals surface area contributed by atoms with E-state index in [9.17, 15) is 13.2 Å². The summed E-state index contributed by atoms with van der Waals surface area (Å²) in [5, 5.41) is 6.80. The smallest absolute Gasteiger partial charge is 0.306 e. The third-order valence-corrected chi connectivity index (χ3v) is 7.93. The van der Waals surface area contributed by atoms with Gasteiger partial charge in [0.1, 0.15) is 0 Å². The van der Waals surface area contributed by atoms with Gasteiger partial charge in [-0.15, -0.1) is 11.3 Å². The number of aromatic nitrogens is 2. The Bertz CT molecular complexity index is 998. The molecule has 0 aromatic carbocycles. The molecule has 3 rings (SSSR count). The number of urea groups is 1. The lowest BCUT2D eigenvalue weighted by atomic mass is 10.1. The van der Waals surface area contributed by atoms with Crippen molar-refractivity contribution in [2.45, 2.75) is 45.6 Å². The summed E-state index contributed by atoms with van der Waals surface area (Å²) in [5.74, 6) is 0.334. The lowest BCUT2D eigenvalue weighted by molar-refractivity contribution is 0.251. The Morgan fingerprint density at radius 2 is 2.10 bits per heavy atom. The van der Waals surface area contributed by atoms with Crippen LogP contribution < -0.4 is 14.3 Å². The molecule has 2 amide bonds. The number of aryl methyl sites for hydroxylation is 2. The van der Waals surface area contributed by atoms with Crippen molar-refractivity contribution < 1.29 is 13.2 Å². The van der Waals surface area contributed by atoms with Gasteiger partial charge in [-0.1, -0.05) is 13.8 Å². The van der Waals surface area contributed by atoms with Gasteiger partial charge < -0.3 is 10.2 Å². The van der Waals surface area contributed by atoms with E-state index in [0.717, 1.165) is 22.7 Å². The van der Waals surface area contributed by atoms with E-state index in [0.29, 0.717) is 30.3 Å². The summed E-state index contributed by atoms with van der Waals surface area (Å²) < 4.78 is 31.5. The van der Waals surface area contributed by atoms with E-state index in [1.165, 1.54) is 10.5 Å². The predicted molar refractivity (Wildman–Crippen MR) is 120 cm³/mol. The normalized spacial score (nSPS) is 17.9. The van der Waals surface area contributed by atoms with Crippen molar-refractivity contribution in [3.8, 4) is 0 Å². The number of thiophene rings is 1. The summed E-state index contributed by atoms with van der Waals surface area (Å²) in [6, 6.07) is 0.837. The van der Waals surface area contributed by atoms with Crippen LogP contribution in [-0.4, -0.2) is 55.3 Å². The van der Waals surface area contributed by atoms with Crippen molar-refractivity contribution in [1.29, 1.82) is 0 Å². The van der Waals surface area contributed by atoms with Crippen LogP contribution in [0.5, 0.6) is 0 Å². The predicted octanol–water partition coefficient (Wildman–Crippen LogP) is 2.88. The number of amides is 2. The maximum absolute atomic E-state index is 13.2. The molecule has 0 radical (unpaired) electrons. The molecule has 1 fully saturated rings. The zero-order valence-corrected chi connectivity index (χ0v) is 19.7. The Hall–Kier alpha value is -2.11. The number of piperidine rings is 1. The summed E-state index contributed by atoms with van der Waals surface area (Å²) >= 11 is 1.59. The topological polar surface area (TPSA) is 99.6 Å². The molecule has 3 heterocycles. The molecular formula is C19H30N6O3S2. The fourth-order valence-electron chi connectivity index (χ4n) is 3.63. The summed E-state index contributed by atoms with van der Waals surface area (Å²) in [5.41, 5.74) is 1.06. The molecule has 30 heavy (non-hydrogen) atoms. The number of nitrogens with zero attached hydrogens (tertiary/aromatic N) is 4. The van der Waals surface area contributed by atoms with Gasteiger partial charge in [0, 0.05) is 29.5 Å². The molecule has 2 N–H and O–H groups in total. The van der Waals surface area contributed by atoms with E-state index in [1.807, 2.05) is 20.0 Å². The third kappa shape index (κ3) is 5.13. The van der Waals surface area contributed by atoms with Gasteiger partial charge in [-0.3, -0.25) is 4.68 Å². The number of likely N-dealkylation sites (tertiary alicyclic amines) is 1. The monoisotopic (exact) mass is 454 g/mol. The minimum Gasteiger partial charge on any atom is -0.306 e. The van der Waals surface area contributed by atoms with E-state index >= 15 is 0 Å². The van der Waals surface area contributed by atoms with Gasteiger partial charge >= 0.3 is 16.2 Å². The maximum atomic E-state index is 13.2. The second kappa shape index (κ2) is 8.94. The van der Waals surface area contributed by atoms with Gasteiger partial charge in [-0.05, 0) is 45.3 Å². The molecule has 1 saturated heterocycles. The van der Waals surface area contributed by atoms with Gasteiger partial charge in [0.25, 0.3) is 0 Å². The molecule has 0 spiro atoms. The van der Waals surface area contributed by atoms with Crippen molar-refractivity contribution in [2.24, 2.45) is 7.05 Å². The second-order valence-electron chi connectivity index (χ2n) is 8.06. The first kappa shape index (κ1) is 22.6. The highest BCUT2D eigenvalue weighted by molar-refractivity contribution is 7.91. The molecule has 1 aliphatic rings. The molecule has 1 aliphatic heterocycles. The standard InChI is InChI=1S/C19H30N6O3S2/c1-13(2)18-9-17(14(3)29-18)21-19(26)22-30(27,28)25(16-10-20-24(5)12-16)15-7-6-8-23(4)11-15/h9-10,12-13,15H,6-8,11H2,1-5H3,(H2,21,22,26). The van der Waals surface area contributed by atoms with E-state index in [2.05, 4.69) is 33.9 Å². The molecular weight excluding hydrogens is 424 g/mol. The summed E-state index contributed by atoms with van der Waals surface area (Å²) in [6.07, 6.45) is 4.74. The number of carbonyl (C=O) groups is 1. The quantitative estimate of drug-likeness (QED) is 0.699. The van der Waals surface area contributed by atoms with E-state index in [4.69, 9.17) is 0 Å². The van der Waals surface area contributed by atoms with Gasteiger partial charge in [-0.2, -0.15) is 13.5 Å². The summed E-state index contributed by atoms with van der Waals surface area (Å²) in [6.45, 7) is 7.55. The molecule has 0 aliphatic carbocycles. The zero-order valence-electron chi connectivity index (χ0n) is 18.0. The Kier molecular flexibility index (Phi) is 6.73. The molecule has 2 aromatic heterocycles. The first-order valence-corrected chi connectivity index (χ1v) is 12.2. The molecule has 0 bridgehead atoms. The molecule has 11 heteroatoms.